The molecule has 2 aromatic rings. The number of nitrogens with zero attached hydrogens (tertiary/aromatic N) is 1. The standard InChI is InChI=1S/C18H20N2O5S/c1-24-15-9-13-8-14(18(19)21)20(11-12-6-4-3-5-7-12)26(22,23)17(13)10-16(15)25-2/h3-7,9-10,14H,8,11H2,1-2H3,(H2,19,21). The van der Waals surface area contributed by atoms with Crippen molar-refractivity contribution in [2.75, 3.05) is 14.2 Å². The van der Waals surface area contributed by atoms with Crippen molar-refractivity contribution in [1.29, 1.82) is 0 Å². The molecule has 1 amide bonds. The Morgan fingerprint density at radius 2 is 1.77 bits per heavy atom. The second-order valence-corrected chi connectivity index (χ2v) is 7.83. The summed E-state index contributed by atoms with van der Waals surface area (Å²) in [6.07, 6.45) is 0.178. The van der Waals surface area contributed by atoms with Crippen molar-refractivity contribution in [3.05, 3.63) is 53.6 Å². The van der Waals surface area contributed by atoms with E-state index in [4.69, 9.17) is 15.2 Å². The Morgan fingerprint density at radius 3 is 2.35 bits per heavy atom. The zero-order valence-electron chi connectivity index (χ0n) is 14.5. The van der Waals surface area contributed by atoms with Crippen LogP contribution in [0.5, 0.6) is 11.5 Å². The number of sulfonamides is 1. The number of benzene rings is 2. The average Bonchev–Trinajstić information content (AvgIpc) is 2.63. The molecule has 1 heterocycles. The molecule has 3 rings (SSSR count). The van der Waals surface area contributed by atoms with Crippen LogP contribution >= 0.6 is 0 Å². The molecule has 2 aromatic carbocycles. The highest BCUT2D eigenvalue weighted by molar-refractivity contribution is 7.89. The maximum Gasteiger partial charge on any atom is 0.244 e. The Bertz CT molecular complexity index is 928. The second-order valence-electron chi connectivity index (χ2n) is 5.97. The van der Waals surface area contributed by atoms with Gasteiger partial charge in [0.2, 0.25) is 15.9 Å². The summed E-state index contributed by atoms with van der Waals surface area (Å²) >= 11 is 0. The number of nitrogens with two attached hydrogens (primary N) is 1. The lowest BCUT2D eigenvalue weighted by Gasteiger charge is -2.34. The van der Waals surface area contributed by atoms with Crippen LogP contribution in [0.2, 0.25) is 0 Å². The van der Waals surface area contributed by atoms with E-state index in [1.807, 2.05) is 18.2 Å². The van der Waals surface area contributed by atoms with Crippen molar-refractivity contribution in [3.8, 4) is 11.5 Å². The number of carbonyl (C=O) groups excluding carboxylic acids is 1. The molecule has 0 fully saturated rings. The highest BCUT2D eigenvalue weighted by atomic mass is 32.2. The third-order valence-corrected chi connectivity index (χ3v) is 6.36. The summed E-state index contributed by atoms with van der Waals surface area (Å²) in [5.74, 6) is 0.0260. The Kier molecular flexibility index (Phi) is 4.88. The second kappa shape index (κ2) is 6.97. The minimum absolute atomic E-state index is 0.0601. The van der Waals surface area contributed by atoms with E-state index in [9.17, 15) is 13.2 Å². The molecule has 8 heteroatoms. The van der Waals surface area contributed by atoms with E-state index < -0.39 is 22.0 Å². The number of amides is 1. The summed E-state index contributed by atoms with van der Waals surface area (Å²) < 4.78 is 38.0. The van der Waals surface area contributed by atoms with Gasteiger partial charge in [0.05, 0.1) is 19.1 Å². The first kappa shape index (κ1) is 18.2. The Labute approximate surface area is 152 Å². The Morgan fingerprint density at radius 1 is 1.15 bits per heavy atom. The first-order valence-electron chi connectivity index (χ1n) is 7.98. The number of hydrogen-bond donors (Lipinski definition) is 1. The SMILES string of the molecule is COc1cc2c(cc1OC)S(=O)(=O)N(Cc1ccccc1)C(C(N)=O)C2. The molecule has 26 heavy (non-hydrogen) atoms. The van der Waals surface area contributed by atoms with Crippen molar-refractivity contribution in [2.45, 2.75) is 23.9 Å². The van der Waals surface area contributed by atoms with Gasteiger partial charge in [-0.15, -0.1) is 0 Å². The lowest BCUT2D eigenvalue weighted by Crippen LogP contribution is -2.51. The fraction of sp³-hybridized carbons (Fsp3) is 0.278. The van der Waals surface area contributed by atoms with Crippen molar-refractivity contribution >= 4 is 15.9 Å². The lowest BCUT2D eigenvalue weighted by molar-refractivity contribution is -0.121. The molecule has 1 aliphatic rings. The predicted octanol–water partition coefficient (Wildman–Crippen LogP) is 1.30. The zero-order chi connectivity index (χ0) is 18.9. The quantitative estimate of drug-likeness (QED) is 0.848. The first-order valence-corrected chi connectivity index (χ1v) is 9.42. The summed E-state index contributed by atoms with van der Waals surface area (Å²) in [4.78, 5) is 12.1. The fourth-order valence-electron chi connectivity index (χ4n) is 3.11. The molecular formula is C18H20N2O5S. The molecule has 0 aliphatic carbocycles. The topological polar surface area (TPSA) is 98.9 Å². The van der Waals surface area contributed by atoms with Crippen LogP contribution in [0.1, 0.15) is 11.1 Å². The number of rotatable bonds is 5. The van der Waals surface area contributed by atoms with Crippen LogP contribution in [0.15, 0.2) is 47.4 Å². The van der Waals surface area contributed by atoms with Crippen LogP contribution in [0, 0.1) is 0 Å². The molecule has 0 bridgehead atoms. The molecule has 0 aromatic heterocycles. The lowest BCUT2D eigenvalue weighted by atomic mass is 10.0. The molecule has 0 saturated carbocycles. The van der Waals surface area contributed by atoms with E-state index in [1.54, 1.807) is 18.2 Å². The molecule has 1 unspecified atom stereocenters. The normalized spacial score (nSPS) is 18.8. The minimum atomic E-state index is -3.94. The van der Waals surface area contributed by atoms with Crippen molar-refractivity contribution in [2.24, 2.45) is 5.73 Å². The summed E-state index contributed by atoms with van der Waals surface area (Å²) in [5, 5.41) is 0. The van der Waals surface area contributed by atoms with Gasteiger partial charge >= 0.3 is 0 Å². The molecule has 7 nitrogen and oxygen atoms in total. The number of methoxy groups -OCH3 is 2. The van der Waals surface area contributed by atoms with Gasteiger partial charge in [0.15, 0.2) is 11.5 Å². The monoisotopic (exact) mass is 376 g/mol. The van der Waals surface area contributed by atoms with E-state index in [0.717, 1.165) is 9.87 Å². The molecule has 1 aliphatic heterocycles. The van der Waals surface area contributed by atoms with E-state index in [-0.39, 0.29) is 17.9 Å². The van der Waals surface area contributed by atoms with Crippen LogP contribution in [0.25, 0.3) is 0 Å². The van der Waals surface area contributed by atoms with Gasteiger partial charge in [0.1, 0.15) is 6.04 Å². The van der Waals surface area contributed by atoms with E-state index in [1.165, 1.54) is 20.3 Å². The van der Waals surface area contributed by atoms with Crippen molar-refractivity contribution in [3.63, 3.8) is 0 Å². The average molecular weight is 376 g/mol. The molecule has 2 N–H and O–H groups in total. The van der Waals surface area contributed by atoms with Gasteiger partial charge in [-0.2, -0.15) is 4.31 Å². The van der Waals surface area contributed by atoms with Gasteiger partial charge in [-0.3, -0.25) is 4.79 Å². The number of ether oxygens (including phenoxy) is 2. The van der Waals surface area contributed by atoms with Crippen LogP contribution < -0.4 is 15.2 Å². The molecule has 0 spiro atoms. The molecule has 1 atom stereocenters. The number of hydrogen-bond acceptors (Lipinski definition) is 5. The van der Waals surface area contributed by atoms with Crippen LogP contribution in [-0.4, -0.2) is 38.9 Å². The molecule has 0 radical (unpaired) electrons. The molecular weight excluding hydrogens is 356 g/mol. The number of primary amides is 1. The minimum Gasteiger partial charge on any atom is -0.493 e. The molecule has 0 saturated heterocycles. The van der Waals surface area contributed by atoms with Gasteiger partial charge < -0.3 is 15.2 Å². The third-order valence-electron chi connectivity index (χ3n) is 4.42. The van der Waals surface area contributed by atoms with Crippen molar-refractivity contribution < 1.29 is 22.7 Å². The maximum atomic E-state index is 13.2. The van der Waals surface area contributed by atoms with Gasteiger partial charge in [0, 0.05) is 12.6 Å². The summed E-state index contributed by atoms with van der Waals surface area (Å²) in [6, 6.07) is 11.1. The highest BCUT2D eigenvalue weighted by Gasteiger charge is 2.41. The maximum absolute atomic E-state index is 13.2. The van der Waals surface area contributed by atoms with Crippen LogP contribution in [0.3, 0.4) is 0 Å². The summed E-state index contributed by atoms with van der Waals surface area (Å²) in [7, 11) is -1.03. The smallest absolute Gasteiger partial charge is 0.244 e. The predicted molar refractivity (Wildman–Crippen MR) is 95.4 cm³/mol. The fourth-order valence-corrected chi connectivity index (χ4v) is 4.92. The largest absolute Gasteiger partial charge is 0.493 e. The van der Waals surface area contributed by atoms with Crippen molar-refractivity contribution in [1.82, 2.24) is 4.31 Å². The molecule has 138 valence electrons. The van der Waals surface area contributed by atoms with Crippen LogP contribution in [-0.2, 0) is 27.8 Å². The van der Waals surface area contributed by atoms with E-state index >= 15 is 0 Å². The van der Waals surface area contributed by atoms with Crippen LogP contribution in [0.4, 0.5) is 0 Å². The van der Waals surface area contributed by atoms with Gasteiger partial charge in [-0.25, -0.2) is 8.42 Å². The Balaban J connectivity index is 2.13. The van der Waals surface area contributed by atoms with Gasteiger partial charge in [-0.05, 0) is 23.6 Å². The summed E-state index contributed by atoms with van der Waals surface area (Å²) in [6.45, 7) is 0.0601. The van der Waals surface area contributed by atoms with Gasteiger partial charge in [0.25, 0.3) is 0 Å². The highest BCUT2D eigenvalue weighted by Crippen LogP contribution is 2.38. The third kappa shape index (κ3) is 3.13. The number of fused-ring (bicyclic) bond motifs is 1. The summed E-state index contributed by atoms with van der Waals surface area (Å²) in [5.41, 5.74) is 6.77. The first-order chi connectivity index (χ1) is 12.4. The van der Waals surface area contributed by atoms with Gasteiger partial charge in [-0.1, -0.05) is 30.3 Å². The zero-order valence-corrected chi connectivity index (χ0v) is 15.3. The number of carbonyl (C=O) groups is 1. The van der Waals surface area contributed by atoms with E-state index in [2.05, 4.69) is 0 Å². The van der Waals surface area contributed by atoms with E-state index in [0.29, 0.717) is 17.1 Å². The Hall–Kier alpha value is -2.58.